The summed E-state index contributed by atoms with van der Waals surface area (Å²) in [5.74, 6) is 0.813. The second-order valence-electron chi connectivity index (χ2n) is 6.10. The second-order valence-corrected chi connectivity index (χ2v) is 7.13. The number of hydrogen-bond donors (Lipinski definition) is 1. The Bertz CT molecular complexity index is 652. The smallest absolute Gasteiger partial charge is 0.318 e. The summed E-state index contributed by atoms with van der Waals surface area (Å²) in [5.41, 5.74) is 1.04. The molecular weight excluding hydrogens is 336 g/mol. The summed E-state index contributed by atoms with van der Waals surface area (Å²) in [4.78, 5) is 15.7. The van der Waals surface area contributed by atoms with E-state index in [1.807, 2.05) is 40.6 Å². The highest BCUT2D eigenvalue weighted by molar-refractivity contribution is 7.09. The number of nitrogens with one attached hydrogen (secondary N) is 1. The van der Waals surface area contributed by atoms with Gasteiger partial charge in [0.1, 0.15) is 5.75 Å². The van der Waals surface area contributed by atoms with Crippen molar-refractivity contribution in [1.29, 1.82) is 0 Å². The van der Waals surface area contributed by atoms with Gasteiger partial charge in [-0.1, -0.05) is 18.2 Å². The number of nitrogens with zero attached hydrogens (tertiary/aromatic N) is 1. The Morgan fingerprint density at radius 1 is 1.36 bits per heavy atom. The Hall–Kier alpha value is -2.05. The van der Waals surface area contributed by atoms with E-state index in [2.05, 4.69) is 11.4 Å². The number of ether oxygens (including phenoxy) is 2. The molecule has 0 saturated carbocycles. The predicted molar refractivity (Wildman–Crippen MR) is 98.9 cm³/mol. The minimum absolute atomic E-state index is 0.0558. The summed E-state index contributed by atoms with van der Waals surface area (Å²) in [6, 6.07) is 11.7. The van der Waals surface area contributed by atoms with Gasteiger partial charge in [0, 0.05) is 24.6 Å². The molecule has 1 atom stereocenters. The molecule has 0 aliphatic carbocycles. The van der Waals surface area contributed by atoms with Crippen molar-refractivity contribution in [1.82, 2.24) is 10.2 Å². The molecule has 25 heavy (non-hydrogen) atoms. The molecule has 2 amide bonds. The van der Waals surface area contributed by atoms with Crippen molar-refractivity contribution in [2.45, 2.75) is 32.0 Å². The van der Waals surface area contributed by atoms with Gasteiger partial charge in [-0.25, -0.2) is 4.79 Å². The van der Waals surface area contributed by atoms with E-state index in [9.17, 15) is 4.79 Å². The van der Waals surface area contributed by atoms with Gasteiger partial charge in [0.15, 0.2) is 0 Å². The van der Waals surface area contributed by atoms with Crippen LogP contribution in [0.2, 0.25) is 0 Å². The third-order valence-electron chi connectivity index (χ3n) is 4.26. The molecule has 0 bridgehead atoms. The van der Waals surface area contributed by atoms with Gasteiger partial charge >= 0.3 is 6.03 Å². The van der Waals surface area contributed by atoms with E-state index in [1.165, 1.54) is 4.88 Å². The maximum absolute atomic E-state index is 12.7. The summed E-state index contributed by atoms with van der Waals surface area (Å²) < 4.78 is 10.9. The molecule has 1 aromatic heterocycles. The van der Waals surface area contributed by atoms with Crippen LogP contribution < -0.4 is 10.1 Å². The van der Waals surface area contributed by atoms with Gasteiger partial charge < -0.3 is 19.7 Å². The molecule has 2 heterocycles. The first-order valence-electron chi connectivity index (χ1n) is 8.54. The average Bonchev–Trinajstić information content (AvgIpc) is 3.33. The van der Waals surface area contributed by atoms with Crippen LogP contribution in [0, 0.1) is 0 Å². The van der Waals surface area contributed by atoms with Gasteiger partial charge in [0.25, 0.3) is 0 Å². The summed E-state index contributed by atoms with van der Waals surface area (Å²) in [6.45, 7) is 2.54. The van der Waals surface area contributed by atoms with E-state index in [4.69, 9.17) is 9.47 Å². The maximum Gasteiger partial charge on any atom is 0.318 e. The number of methoxy groups -OCH3 is 1. The number of urea groups is 1. The minimum Gasteiger partial charge on any atom is -0.497 e. The van der Waals surface area contributed by atoms with Crippen LogP contribution in [0.4, 0.5) is 4.79 Å². The van der Waals surface area contributed by atoms with Crippen LogP contribution in [-0.2, 0) is 17.8 Å². The number of amides is 2. The maximum atomic E-state index is 12.7. The van der Waals surface area contributed by atoms with Gasteiger partial charge in [-0.15, -0.1) is 11.3 Å². The number of hydrogen-bond acceptors (Lipinski definition) is 4. The molecule has 6 heteroatoms. The fourth-order valence-electron chi connectivity index (χ4n) is 2.88. The van der Waals surface area contributed by atoms with Crippen molar-refractivity contribution in [2.24, 2.45) is 0 Å². The van der Waals surface area contributed by atoms with Crippen molar-refractivity contribution >= 4 is 17.4 Å². The van der Waals surface area contributed by atoms with Gasteiger partial charge in [-0.05, 0) is 42.0 Å². The van der Waals surface area contributed by atoms with Crippen LogP contribution in [0.1, 0.15) is 23.3 Å². The molecule has 134 valence electrons. The monoisotopic (exact) mass is 360 g/mol. The van der Waals surface area contributed by atoms with E-state index in [-0.39, 0.29) is 12.1 Å². The normalized spacial score (nSPS) is 16.6. The number of carbonyl (C=O) groups excluding carboxylic acids is 1. The summed E-state index contributed by atoms with van der Waals surface area (Å²) in [6.07, 6.45) is 2.24. The van der Waals surface area contributed by atoms with E-state index >= 15 is 0 Å². The zero-order valence-corrected chi connectivity index (χ0v) is 15.3. The molecule has 1 fully saturated rings. The standard InChI is InChI=1S/C19H24N2O3S/c1-23-16-8-6-15(7-9-16)12-20-19(22)21(13-17-4-2-10-24-17)14-18-5-3-11-25-18/h3,5-9,11,17H,2,4,10,12-14H2,1H3,(H,20,22). The molecule has 3 rings (SSSR count). The van der Waals surface area contributed by atoms with Crippen LogP contribution in [0.25, 0.3) is 0 Å². The van der Waals surface area contributed by atoms with Crippen molar-refractivity contribution in [3.8, 4) is 5.75 Å². The number of carbonyl (C=O) groups is 1. The Labute approximate surface area is 152 Å². The first kappa shape index (κ1) is 17.8. The molecule has 1 N–H and O–H groups in total. The van der Waals surface area contributed by atoms with E-state index < -0.39 is 0 Å². The van der Waals surface area contributed by atoms with Crippen LogP contribution >= 0.6 is 11.3 Å². The molecule has 1 unspecified atom stereocenters. The second kappa shape index (κ2) is 8.87. The van der Waals surface area contributed by atoms with E-state index in [0.717, 1.165) is 30.8 Å². The van der Waals surface area contributed by atoms with E-state index in [0.29, 0.717) is 19.6 Å². The summed E-state index contributed by atoms with van der Waals surface area (Å²) >= 11 is 1.67. The van der Waals surface area contributed by atoms with Gasteiger partial charge in [0.05, 0.1) is 19.8 Å². The van der Waals surface area contributed by atoms with Crippen LogP contribution in [0.3, 0.4) is 0 Å². The number of benzene rings is 1. The van der Waals surface area contributed by atoms with E-state index in [1.54, 1.807) is 18.4 Å². The van der Waals surface area contributed by atoms with Gasteiger partial charge in [-0.2, -0.15) is 0 Å². The zero-order chi connectivity index (χ0) is 17.5. The molecule has 0 spiro atoms. The highest BCUT2D eigenvalue weighted by atomic mass is 32.1. The fraction of sp³-hybridized carbons (Fsp3) is 0.421. The van der Waals surface area contributed by atoms with Crippen LogP contribution in [0.5, 0.6) is 5.75 Å². The topological polar surface area (TPSA) is 50.8 Å². The molecular formula is C19H24N2O3S. The highest BCUT2D eigenvalue weighted by Gasteiger charge is 2.23. The Morgan fingerprint density at radius 3 is 2.84 bits per heavy atom. The number of thiophene rings is 1. The minimum atomic E-state index is -0.0558. The first-order valence-corrected chi connectivity index (χ1v) is 9.42. The third kappa shape index (κ3) is 5.21. The quantitative estimate of drug-likeness (QED) is 0.820. The van der Waals surface area contributed by atoms with Crippen LogP contribution in [-0.4, -0.2) is 37.3 Å². The Kier molecular flexibility index (Phi) is 6.30. The predicted octanol–water partition coefficient (Wildman–Crippen LogP) is 3.65. The molecule has 1 saturated heterocycles. The van der Waals surface area contributed by atoms with Crippen LogP contribution in [0.15, 0.2) is 41.8 Å². The van der Waals surface area contributed by atoms with Gasteiger partial charge in [-0.3, -0.25) is 0 Å². The lowest BCUT2D eigenvalue weighted by molar-refractivity contribution is 0.0796. The molecule has 5 nitrogen and oxygen atoms in total. The lowest BCUT2D eigenvalue weighted by Gasteiger charge is -2.25. The molecule has 1 aliphatic rings. The summed E-state index contributed by atoms with van der Waals surface area (Å²) in [5, 5.41) is 5.05. The number of rotatable bonds is 7. The molecule has 1 aliphatic heterocycles. The lowest BCUT2D eigenvalue weighted by Crippen LogP contribution is -2.42. The largest absolute Gasteiger partial charge is 0.497 e. The molecule has 0 radical (unpaired) electrons. The average molecular weight is 360 g/mol. The van der Waals surface area contributed by atoms with Crippen molar-refractivity contribution in [3.63, 3.8) is 0 Å². The lowest BCUT2D eigenvalue weighted by atomic mass is 10.2. The van der Waals surface area contributed by atoms with Crippen molar-refractivity contribution < 1.29 is 14.3 Å². The molecule has 1 aromatic carbocycles. The Morgan fingerprint density at radius 2 is 2.20 bits per heavy atom. The highest BCUT2D eigenvalue weighted by Crippen LogP contribution is 2.17. The zero-order valence-electron chi connectivity index (χ0n) is 14.4. The third-order valence-corrected chi connectivity index (χ3v) is 5.13. The molecule has 2 aromatic rings. The van der Waals surface area contributed by atoms with Gasteiger partial charge in [0.2, 0.25) is 0 Å². The summed E-state index contributed by atoms with van der Waals surface area (Å²) in [7, 11) is 1.64. The SMILES string of the molecule is COc1ccc(CNC(=O)N(Cc2cccs2)CC2CCCO2)cc1. The first-order chi connectivity index (χ1) is 12.2. The fourth-order valence-corrected chi connectivity index (χ4v) is 3.60. The van der Waals surface area contributed by atoms with Crippen molar-refractivity contribution in [3.05, 3.63) is 52.2 Å². The van der Waals surface area contributed by atoms with Crippen molar-refractivity contribution in [2.75, 3.05) is 20.3 Å². The Balaban J connectivity index is 1.58.